The highest BCUT2D eigenvalue weighted by atomic mass is 15.2. The second-order valence-corrected chi connectivity index (χ2v) is 5.31. The summed E-state index contributed by atoms with van der Waals surface area (Å²) in [5, 5.41) is 0. The van der Waals surface area contributed by atoms with Crippen molar-refractivity contribution in [2.45, 2.75) is 24.8 Å². The fourth-order valence-electron chi connectivity index (χ4n) is 3.64. The quantitative estimate of drug-likeness (QED) is 0.697. The Morgan fingerprint density at radius 3 is 3.00 bits per heavy atom. The summed E-state index contributed by atoms with van der Waals surface area (Å²) in [6.45, 7) is 0. The predicted molar refractivity (Wildman–Crippen MR) is 72.9 cm³/mol. The summed E-state index contributed by atoms with van der Waals surface area (Å²) in [6.07, 6.45) is 4.33. The predicted octanol–water partition coefficient (Wildman–Crippen LogP) is 3.30. The molecule has 1 aromatic heterocycles. The largest absolute Gasteiger partial charge is 0.365 e. The molecule has 2 aromatic rings. The average Bonchev–Trinajstić information content (AvgIpc) is 2.73. The van der Waals surface area contributed by atoms with Gasteiger partial charge in [0.1, 0.15) is 0 Å². The van der Waals surface area contributed by atoms with Gasteiger partial charge in [0.15, 0.2) is 0 Å². The van der Waals surface area contributed by atoms with E-state index >= 15 is 0 Å². The van der Waals surface area contributed by atoms with Gasteiger partial charge in [0, 0.05) is 24.8 Å². The zero-order valence-corrected chi connectivity index (χ0v) is 10.5. The first-order chi connectivity index (χ1) is 8.86. The first kappa shape index (κ1) is 10.1. The standard InChI is InChI=1S/C16H16N2/c1-18-14-7-3-2-6-12(14)13-9-8-11-5-4-10-17-15(11)16(13)18/h2-7,10,13,16H,8-9H2,1H3. The van der Waals surface area contributed by atoms with Crippen LogP contribution < -0.4 is 4.90 Å². The second kappa shape index (κ2) is 3.58. The number of benzene rings is 1. The van der Waals surface area contributed by atoms with E-state index < -0.39 is 0 Å². The highest BCUT2D eigenvalue weighted by molar-refractivity contribution is 5.63. The van der Waals surface area contributed by atoms with Crippen LogP contribution in [0.5, 0.6) is 0 Å². The minimum Gasteiger partial charge on any atom is -0.365 e. The van der Waals surface area contributed by atoms with Crippen LogP contribution in [0.4, 0.5) is 5.69 Å². The zero-order valence-electron chi connectivity index (χ0n) is 10.5. The molecule has 0 saturated carbocycles. The van der Waals surface area contributed by atoms with Gasteiger partial charge in [-0.2, -0.15) is 0 Å². The Bertz CT molecular complexity index is 606. The number of anilines is 1. The maximum Gasteiger partial charge on any atom is 0.0782 e. The molecule has 1 aromatic carbocycles. The molecule has 2 nitrogen and oxygen atoms in total. The van der Waals surface area contributed by atoms with E-state index in [1.807, 2.05) is 6.20 Å². The molecule has 0 bridgehead atoms. The van der Waals surface area contributed by atoms with Crippen molar-refractivity contribution in [3.63, 3.8) is 0 Å². The first-order valence-electron chi connectivity index (χ1n) is 6.62. The van der Waals surface area contributed by atoms with Crippen LogP contribution >= 0.6 is 0 Å². The number of hydrogen-bond donors (Lipinski definition) is 0. The number of rotatable bonds is 0. The van der Waals surface area contributed by atoms with Gasteiger partial charge in [0.2, 0.25) is 0 Å². The molecule has 90 valence electrons. The van der Waals surface area contributed by atoms with E-state index in [-0.39, 0.29) is 0 Å². The smallest absolute Gasteiger partial charge is 0.0782 e. The third kappa shape index (κ3) is 1.20. The number of aryl methyl sites for hydroxylation is 1. The molecule has 18 heavy (non-hydrogen) atoms. The molecule has 1 aliphatic heterocycles. The van der Waals surface area contributed by atoms with Crippen molar-refractivity contribution in [1.29, 1.82) is 0 Å². The van der Waals surface area contributed by atoms with Crippen LogP contribution in [-0.2, 0) is 6.42 Å². The lowest BCUT2D eigenvalue weighted by molar-refractivity contribution is 0.487. The van der Waals surface area contributed by atoms with E-state index in [4.69, 9.17) is 0 Å². The van der Waals surface area contributed by atoms with Gasteiger partial charge in [-0.3, -0.25) is 4.98 Å². The monoisotopic (exact) mass is 236 g/mol. The Morgan fingerprint density at radius 2 is 2.06 bits per heavy atom. The van der Waals surface area contributed by atoms with Crippen molar-refractivity contribution in [3.05, 3.63) is 59.4 Å². The molecule has 1 aliphatic carbocycles. The molecule has 2 heterocycles. The number of nitrogens with zero attached hydrogens (tertiary/aromatic N) is 2. The third-order valence-corrected chi connectivity index (χ3v) is 4.45. The van der Waals surface area contributed by atoms with Crippen molar-refractivity contribution in [2.75, 3.05) is 11.9 Å². The molecule has 0 spiro atoms. The Hall–Kier alpha value is -1.83. The van der Waals surface area contributed by atoms with E-state index in [9.17, 15) is 0 Å². The second-order valence-electron chi connectivity index (χ2n) is 5.31. The Labute approximate surface area is 107 Å². The highest BCUT2D eigenvalue weighted by Crippen LogP contribution is 2.52. The van der Waals surface area contributed by atoms with Crippen LogP contribution in [-0.4, -0.2) is 12.0 Å². The fourth-order valence-corrected chi connectivity index (χ4v) is 3.64. The Kier molecular flexibility index (Phi) is 2.01. The first-order valence-corrected chi connectivity index (χ1v) is 6.62. The molecule has 0 saturated heterocycles. The third-order valence-electron chi connectivity index (χ3n) is 4.45. The minimum atomic E-state index is 0.437. The number of hydrogen-bond acceptors (Lipinski definition) is 2. The normalized spacial score (nSPS) is 24.4. The van der Waals surface area contributed by atoms with Crippen molar-refractivity contribution in [3.8, 4) is 0 Å². The molecule has 0 radical (unpaired) electrons. The van der Waals surface area contributed by atoms with Crippen molar-refractivity contribution < 1.29 is 0 Å². The molecule has 0 amide bonds. The van der Waals surface area contributed by atoms with E-state index in [0.717, 1.165) is 6.42 Å². The Morgan fingerprint density at radius 1 is 1.17 bits per heavy atom. The van der Waals surface area contributed by atoms with Gasteiger partial charge in [-0.15, -0.1) is 0 Å². The topological polar surface area (TPSA) is 16.1 Å². The molecule has 2 atom stereocenters. The number of pyridine rings is 1. The summed E-state index contributed by atoms with van der Waals surface area (Å²) < 4.78 is 0. The number of aromatic nitrogens is 1. The summed E-state index contributed by atoms with van der Waals surface area (Å²) in [7, 11) is 2.20. The fraction of sp³-hybridized carbons (Fsp3) is 0.312. The summed E-state index contributed by atoms with van der Waals surface area (Å²) in [6, 6.07) is 13.5. The SMILES string of the molecule is CN1c2ccccc2C2CCc3cccnc3C21. The van der Waals surface area contributed by atoms with Crippen LogP contribution in [0.2, 0.25) is 0 Å². The summed E-state index contributed by atoms with van der Waals surface area (Å²) in [5.41, 5.74) is 5.60. The van der Waals surface area contributed by atoms with E-state index in [1.54, 1.807) is 0 Å². The van der Waals surface area contributed by atoms with Crippen molar-refractivity contribution >= 4 is 5.69 Å². The number of likely N-dealkylation sites (N-methyl/N-ethyl adjacent to an activating group) is 1. The van der Waals surface area contributed by atoms with E-state index in [2.05, 4.69) is 53.3 Å². The zero-order chi connectivity index (χ0) is 12.1. The molecule has 2 unspecified atom stereocenters. The summed E-state index contributed by atoms with van der Waals surface area (Å²) in [4.78, 5) is 7.06. The van der Waals surface area contributed by atoms with Crippen molar-refractivity contribution in [2.24, 2.45) is 0 Å². The highest BCUT2D eigenvalue weighted by Gasteiger charge is 2.41. The van der Waals surface area contributed by atoms with Gasteiger partial charge in [0.25, 0.3) is 0 Å². The Balaban J connectivity index is 1.90. The van der Waals surface area contributed by atoms with Gasteiger partial charge in [-0.1, -0.05) is 24.3 Å². The van der Waals surface area contributed by atoms with Crippen LogP contribution in [0.15, 0.2) is 42.6 Å². The number of para-hydroxylation sites is 1. The molecule has 2 aliphatic rings. The molecule has 2 heteroatoms. The van der Waals surface area contributed by atoms with E-state index in [1.165, 1.54) is 28.9 Å². The van der Waals surface area contributed by atoms with Gasteiger partial charge in [0.05, 0.1) is 11.7 Å². The van der Waals surface area contributed by atoms with Crippen LogP contribution in [0.1, 0.15) is 35.2 Å². The average molecular weight is 236 g/mol. The van der Waals surface area contributed by atoms with Gasteiger partial charge < -0.3 is 4.90 Å². The van der Waals surface area contributed by atoms with Crippen LogP contribution in [0, 0.1) is 0 Å². The maximum absolute atomic E-state index is 4.65. The van der Waals surface area contributed by atoms with Crippen LogP contribution in [0.3, 0.4) is 0 Å². The minimum absolute atomic E-state index is 0.437. The molecule has 4 rings (SSSR count). The summed E-state index contributed by atoms with van der Waals surface area (Å²) >= 11 is 0. The lowest BCUT2D eigenvalue weighted by atomic mass is 9.81. The van der Waals surface area contributed by atoms with Gasteiger partial charge in [-0.05, 0) is 36.1 Å². The van der Waals surface area contributed by atoms with E-state index in [0.29, 0.717) is 12.0 Å². The molecular formula is C16H16N2. The maximum atomic E-state index is 4.65. The molecular weight excluding hydrogens is 220 g/mol. The van der Waals surface area contributed by atoms with Gasteiger partial charge in [-0.25, -0.2) is 0 Å². The molecule has 0 N–H and O–H groups in total. The van der Waals surface area contributed by atoms with Crippen molar-refractivity contribution in [1.82, 2.24) is 4.98 Å². The lowest BCUT2D eigenvalue weighted by Crippen LogP contribution is -2.27. The van der Waals surface area contributed by atoms with Crippen LogP contribution in [0.25, 0.3) is 0 Å². The summed E-state index contributed by atoms with van der Waals surface area (Å²) in [5.74, 6) is 0.619. The van der Waals surface area contributed by atoms with Gasteiger partial charge >= 0.3 is 0 Å². The number of fused-ring (bicyclic) bond motifs is 5. The molecule has 0 fully saturated rings. The lowest BCUT2D eigenvalue weighted by Gasteiger charge is -2.32.